The Labute approximate surface area is 173 Å². The summed E-state index contributed by atoms with van der Waals surface area (Å²) in [7, 11) is 3.70. The van der Waals surface area contributed by atoms with Crippen LogP contribution >= 0.6 is 0 Å². The molecule has 5 heteroatoms. The van der Waals surface area contributed by atoms with E-state index >= 15 is 0 Å². The van der Waals surface area contributed by atoms with E-state index in [0.29, 0.717) is 18.4 Å². The van der Waals surface area contributed by atoms with E-state index in [0.717, 1.165) is 28.3 Å². The molecule has 0 aliphatic heterocycles. The SMILES string of the molecule is CNc1nc(C(C)C)ccc1-c1nc2c(C)cn([C@@H](C)COC)c2cc1C1CC1. The highest BCUT2D eigenvalue weighted by molar-refractivity contribution is 5.87. The molecule has 1 N–H and O–H groups in total. The molecule has 1 atom stereocenters. The molecule has 4 rings (SSSR count). The van der Waals surface area contributed by atoms with Gasteiger partial charge >= 0.3 is 0 Å². The summed E-state index contributed by atoms with van der Waals surface area (Å²) in [6.45, 7) is 9.38. The molecule has 1 saturated carbocycles. The van der Waals surface area contributed by atoms with Gasteiger partial charge in [-0.25, -0.2) is 9.97 Å². The lowest BCUT2D eigenvalue weighted by Crippen LogP contribution is -2.10. The van der Waals surface area contributed by atoms with Crippen LogP contribution < -0.4 is 5.32 Å². The monoisotopic (exact) mass is 392 g/mol. The molecule has 154 valence electrons. The van der Waals surface area contributed by atoms with Crippen LogP contribution in [0.15, 0.2) is 24.4 Å². The molecule has 3 aromatic rings. The maximum Gasteiger partial charge on any atom is 0.135 e. The fourth-order valence-corrected chi connectivity index (χ4v) is 4.13. The Morgan fingerprint density at radius 3 is 2.59 bits per heavy atom. The average Bonchev–Trinajstić information content (AvgIpc) is 3.51. The third-order valence-electron chi connectivity index (χ3n) is 5.92. The van der Waals surface area contributed by atoms with Crippen LogP contribution in [0.25, 0.3) is 22.3 Å². The van der Waals surface area contributed by atoms with Gasteiger partial charge in [0.15, 0.2) is 0 Å². The zero-order chi connectivity index (χ0) is 20.7. The fraction of sp³-hybridized carbons (Fsp3) is 0.500. The molecule has 0 spiro atoms. The number of aromatic nitrogens is 3. The van der Waals surface area contributed by atoms with Gasteiger partial charge in [-0.05, 0) is 67.9 Å². The smallest absolute Gasteiger partial charge is 0.135 e. The molecule has 0 unspecified atom stereocenters. The lowest BCUT2D eigenvalue weighted by molar-refractivity contribution is 0.164. The van der Waals surface area contributed by atoms with Crippen LogP contribution in [0, 0.1) is 6.92 Å². The topological polar surface area (TPSA) is 52.0 Å². The minimum atomic E-state index is 0.274. The summed E-state index contributed by atoms with van der Waals surface area (Å²) in [4.78, 5) is 10.1. The van der Waals surface area contributed by atoms with Crippen molar-refractivity contribution in [3.8, 4) is 11.3 Å². The number of hydrogen-bond donors (Lipinski definition) is 1. The second-order valence-electron chi connectivity index (χ2n) is 8.63. The first-order chi connectivity index (χ1) is 13.9. The van der Waals surface area contributed by atoms with Crippen molar-refractivity contribution in [3.05, 3.63) is 41.2 Å². The van der Waals surface area contributed by atoms with E-state index in [2.05, 4.69) is 62.0 Å². The van der Waals surface area contributed by atoms with Gasteiger partial charge in [0.1, 0.15) is 5.82 Å². The molecule has 0 saturated heterocycles. The van der Waals surface area contributed by atoms with Gasteiger partial charge in [0.05, 0.1) is 29.4 Å². The van der Waals surface area contributed by atoms with Crippen molar-refractivity contribution in [2.45, 2.75) is 58.4 Å². The highest BCUT2D eigenvalue weighted by Gasteiger charge is 2.30. The van der Waals surface area contributed by atoms with E-state index in [1.54, 1.807) is 7.11 Å². The predicted molar refractivity (Wildman–Crippen MR) is 120 cm³/mol. The quantitative estimate of drug-likeness (QED) is 0.564. The lowest BCUT2D eigenvalue weighted by atomic mass is 10.00. The average molecular weight is 393 g/mol. The summed E-state index contributed by atoms with van der Waals surface area (Å²) in [6.07, 6.45) is 4.68. The number of hydrogen-bond acceptors (Lipinski definition) is 4. The first kappa shape index (κ1) is 19.9. The van der Waals surface area contributed by atoms with Crippen molar-refractivity contribution in [2.24, 2.45) is 0 Å². The van der Waals surface area contributed by atoms with Crippen LogP contribution in [0.3, 0.4) is 0 Å². The molecule has 1 aliphatic carbocycles. The highest BCUT2D eigenvalue weighted by atomic mass is 16.5. The van der Waals surface area contributed by atoms with Crippen LogP contribution in [0.1, 0.15) is 68.3 Å². The second-order valence-corrected chi connectivity index (χ2v) is 8.63. The first-order valence-electron chi connectivity index (χ1n) is 10.6. The Balaban J connectivity index is 1.91. The van der Waals surface area contributed by atoms with Crippen LogP contribution in [0.5, 0.6) is 0 Å². The van der Waals surface area contributed by atoms with Gasteiger partial charge < -0.3 is 14.6 Å². The van der Waals surface area contributed by atoms with Gasteiger partial charge in [0.2, 0.25) is 0 Å². The minimum absolute atomic E-state index is 0.274. The lowest BCUT2D eigenvalue weighted by Gasteiger charge is -2.17. The number of fused-ring (bicyclic) bond motifs is 1. The maximum absolute atomic E-state index is 5.40. The molecule has 1 aliphatic rings. The summed E-state index contributed by atoms with van der Waals surface area (Å²) in [6, 6.07) is 6.97. The third kappa shape index (κ3) is 3.64. The van der Waals surface area contributed by atoms with E-state index in [-0.39, 0.29) is 6.04 Å². The second kappa shape index (κ2) is 7.79. The predicted octanol–water partition coefficient (Wildman–Crippen LogP) is 5.66. The van der Waals surface area contributed by atoms with Crippen LogP contribution in [-0.4, -0.2) is 35.3 Å². The number of nitrogens with zero attached hydrogens (tertiary/aromatic N) is 3. The number of aryl methyl sites for hydroxylation is 1. The highest BCUT2D eigenvalue weighted by Crippen LogP contribution is 2.46. The number of rotatable bonds is 7. The molecule has 0 aromatic carbocycles. The number of ether oxygens (including phenoxy) is 1. The Morgan fingerprint density at radius 2 is 1.97 bits per heavy atom. The van der Waals surface area contributed by atoms with Crippen molar-refractivity contribution in [1.82, 2.24) is 14.5 Å². The minimum Gasteiger partial charge on any atom is -0.383 e. The van der Waals surface area contributed by atoms with Gasteiger partial charge in [-0.1, -0.05) is 13.8 Å². The number of pyridine rings is 2. The molecule has 5 nitrogen and oxygen atoms in total. The fourth-order valence-electron chi connectivity index (χ4n) is 4.13. The summed E-state index contributed by atoms with van der Waals surface area (Å²) in [5, 5.41) is 3.31. The number of methoxy groups -OCH3 is 1. The van der Waals surface area contributed by atoms with Crippen molar-refractivity contribution in [2.75, 3.05) is 26.1 Å². The molecule has 1 fully saturated rings. The Morgan fingerprint density at radius 1 is 1.21 bits per heavy atom. The molecular weight excluding hydrogens is 360 g/mol. The summed E-state index contributed by atoms with van der Waals surface area (Å²) < 4.78 is 7.72. The Bertz CT molecular complexity index is 1030. The maximum atomic E-state index is 5.40. The molecule has 0 radical (unpaired) electrons. The molecule has 3 aromatic heterocycles. The molecule has 3 heterocycles. The van der Waals surface area contributed by atoms with E-state index in [9.17, 15) is 0 Å². The van der Waals surface area contributed by atoms with Crippen LogP contribution in [-0.2, 0) is 4.74 Å². The normalized spacial score (nSPS) is 15.3. The summed E-state index contributed by atoms with van der Waals surface area (Å²) >= 11 is 0. The van der Waals surface area contributed by atoms with E-state index in [1.165, 1.54) is 29.5 Å². The van der Waals surface area contributed by atoms with Gasteiger partial charge in [-0.15, -0.1) is 0 Å². The van der Waals surface area contributed by atoms with E-state index < -0.39 is 0 Å². The van der Waals surface area contributed by atoms with Crippen molar-refractivity contribution >= 4 is 16.9 Å². The zero-order valence-corrected chi connectivity index (χ0v) is 18.4. The number of anilines is 1. The van der Waals surface area contributed by atoms with Crippen LogP contribution in [0.2, 0.25) is 0 Å². The number of nitrogens with one attached hydrogen (secondary N) is 1. The molecular formula is C24H32N4O. The summed E-state index contributed by atoms with van der Waals surface area (Å²) in [5.74, 6) is 1.90. The first-order valence-corrected chi connectivity index (χ1v) is 10.6. The standard InChI is InChI=1S/C24H32N4O/c1-14(2)20-10-9-18(24(25-5)26-20)23-19(17-7-8-17)11-21-22(27-23)15(3)12-28(21)16(4)13-29-6/h9-12,14,16-17H,7-8,13H2,1-6H3,(H,25,26)/t16-/m0/s1. The van der Waals surface area contributed by atoms with Crippen molar-refractivity contribution < 1.29 is 4.74 Å². The molecule has 0 amide bonds. The largest absolute Gasteiger partial charge is 0.383 e. The van der Waals surface area contributed by atoms with E-state index in [1.807, 2.05) is 7.05 Å². The summed E-state index contributed by atoms with van der Waals surface area (Å²) in [5.41, 5.74) is 8.09. The van der Waals surface area contributed by atoms with Gasteiger partial charge in [0.25, 0.3) is 0 Å². The van der Waals surface area contributed by atoms with Crippen molar-refractivity contribution in [3.63, 3.8) is 0 Å². The third-order valence-corrected chi connectivity index (χ3v) is 5.92. The Hall–Kier alpha value is -2.40. The van der Waals surface area contributed by atoms with Crippen LogP contribution in [0.4, 0.5) is 5.82 Å². The molecule has 0 bridgehead atoms. The Kier molecular flexibility index (Phi) is 5.34. The molecule has 29 heavy (non-hydrogen) atoms. The van der Waals surface area contributed by atoms with Crippen molar-refractivity contribution in [1.29, 1.82) is 0 Å². The van der Waals surface area contributed by atoms with E-state index in [4.69, 9.17) is 14.7 Å². The van der Waals surface area contributed by atoms with Gasteiger partial charge in [-0.2, -0.15) is 0 Å². The van der Waals surface area contributed by atoms with Gasteiger partial charge in [0, 0.05) is 31.6 Å². The zero-order valence-electron chi connectivity index (χ0n) is 18.4. The van der Waals surface area contributed by atoms with Gasteiger partial charge in [-0.3, -0.25) is 0 Å².